The van der Waals surface area contributed by atoms with Gasteiger partial charge in [0.1, 0.15) is 0 Å². The van der Waals surface area contributed by atoms with Crippen LogP contribution in [0.4, 0.5) is 0 Å². The summed E-state index contributed by atoms with van der Waals surface area (Å²) in [5.41, 5.74) is 0. The molecule has 0 aromatic carbocycles. The standard InChI is InChI=1S/C16H26N2O.ClH/c19-16(18-14-2-1-3-17-9-14)15-12-5-10-4-11(7-12)8-13(15)6-10;/h10-15,17H,1-9H2,(H,18,19);1H/t10?,11?,12?,13?,14-,15?;/m0./s1. The van der Waals surface area contributed by atoms with Crippen molar-refractivity contribution in [3.63, 3.8) is 0 Å². The Morgan fingerprint density at radius 2 is 1.65 bits per heavy atom. The van der Waals surface area contributed by atoms with E-state index in [1.54, 1.807) is 0 Å². The molecule has 1 atom stereocenters. The number of nitrogens with one attached hydrogen (secondary N) is 2. The minimum Gasteiger partial charge on any atom is -0.352 e. The number of hydrogen-bond acceptors (Lipinski definition) is 2. The topological polar surface area (TPSA) is 41.1 Å². The van der Waals surface area contributed by atoms with Gasteiger partial charge in [0, 0.05) is 18.5 Å². The molecule has 1 amide bonds. The van der Waals surface area contributed by atoms with Gasteiger partial charge in [-0.25, -0.2) is 0 Å². The second-order valence-corrected chi connectivity index (χ2v) is 7.51. The number of hydrogen-bond donors (Lipinski definition) is 2. The first kappa shape index (κ1) is 14.6. The van der Waals surface area contributed by atoms with Crippen LogP contribution in [-0.2, 0) is 4.79 Å². The molecule has 4 aliphatic carbocycles. The normalized spacial score (nSPS) is 45.8. The van der Waals surface area contributed by atoms with Gasteiger partial charge in [-0.05, 0) is 75.2 Å². The molecule has 5 rings (SSSR count). The average molecular weight is 299 g/mol. The zero-order chi connectivity index (χ0) is 12.8. The minimum atomic E-state index is 0. The largest absolute Gasteiger partial charge is 0.352 e. The highest BCUT2D eigenvalue weighted by atomic mass is 35.5. The van der Waals surface area contributed by atoms with Crippen LogP contribution < -0.4 is 10.6 Å². The Bertz CT molecular complexity index is 339. The first-order valence-corrected chi connectivity index (χ1v) is 8.30. The van der Waals surface area contributed by atoms with Crippen molar-refractivity contribution in [2.45, 2.75) is 51.0 Å². The molecule has 0 aromatic heterocycles. The third kappa shape index (κ3) is 2.59. The molecule has 0 spiro atoms. The van der Waals surface area contributed by atoms with E-state index in [9.17, 15) is 4.79 Å². The first-order valence-electron chi connectivity index (χ1n) is 8.30. The molecular formula is C16H27ClN2O. The fourth-order valence-corrected chi connectivity index (χ4v) is 5.63. The Morgan fingerprint density at radius 3 is 2.20 bits per heavy atom. The van der Waals surface area contributed by atoms with Crippen molar-refractivity contribution in [3.05, 3.63) is 0 Å². The number of rotatable bonds is 2. The van der Waals surface area contributed by atoms with Crippen LogP contribution >= 0.6 is 12.4 Å². The van der Waals surface area contributed by atoms with Gasteiger partial charge in [-0.2, -0.15) is 0 Å². The Labute approximate surface area is 128 Å². The molecule has 20 heavy (non-hydrogen) atoms. The van der Waals surface area contributed by atoms with Crippen molar-refractivity contribution in [3.8, 4) is 0 Å². The highest BCUT2D eigenvalue weighted by molar-refractivity contribution is 5.85. The third-order valence-corrected chi connectivity index (χ3v) is 6.17. The molecule has 0 aromatic rings. The SMILES string of the molecule is Cl.O=C(N[C@H]1CCCNC1)C1C2CC3CC(C2)CC1C3. The molecule has 4 heteroatoms. The number of halogens is 1. The molecular weight excluding hydrogens is 272 g/mol. The van der Waals surface area contributed by atoms with Crippen LogP contribution in [0.25, 0.3) is 0 Å². The van der Waals surface area contributed by atoms with Gasteiger partial charge < -0.3 is 10.6 Å². The molecule has 3 nitrogen and oxygen atoms in total. The van der Waals surface area contributed by atoms with E-state index in [2.05, 4.69) is 10.6 Å². The van der Waals surface area contributed by atoms with Crippen molar-refractivity contribution in [1.29, 1.82) is 0 Å². The van der Waals surface area contributed by atoms with Crippen molar-refractivity contribution >= 4 is 18.3 Å². The Morgan fingerprint density at radius 1 is 1.00 bits per heavy atom. The molecule has 0 unspecified atom stereocenters. The molecule has 2 N–H and O–H groups in total. The van der Waals surface area contributed by atoms with Crippen LogP contribution in [0.5, 0.6) is 0 Å². The second kappa shape index (κ2) is 5.84. The van der Waals surface area contributed by atoms with E-state index < -0.39 is 0 Å². The van der Waals surface area contributed by atoms with Crippen molar-refractivity contribution in [2.24, 2.45) is 29.6 Å². The molecule has 114 valence electrons. The van der Waals surface area contributed by atoms with Gasteiger partial charge in [-0.15, -0.1) is 12.4 Å². The fourth-order valence-electron chi connectivity index (χ4n) is 5.63. The van der Waals surface area contributed by atoms with E-state index in [-0.39, 0.29) is 12.4 Å². The van der Waals surface area contributed by atoms with E-state index in [4.69, 9.17) is 0 Å². The van der Waals surface area contributed by atoms with Crippen molar-refractivity contribution in [1.82, 2.24) is 10.6 Å². The monoisotopic (exact) mass is 298 g/mol. The molecule has 1 aliphatic heterocycles. The smallest absolute Gasteiger partial charge is 0.223 e. The van der Waals surface area contributed by atoms with Gasteiger partial charge >= 0.3 is 0 Å². The van der Waals surface area contributed by atoms with Gasteiger partial charge in [-0.1, -0.05) is 0 Å². The molecule has 1 saturated heterocycles. The maximum atomic E-state index is 12.7. The van der Waals surface area contributed by atoms with Crippen molar-refractivity contribution in [2.75, 3.05) is 13.1 Å². The molecule has 4 bridgehead atoms. The summed E-state index contributed by atoms with van der Waals surface area (Å²) in [4.78, 5) is 12.7. The Balaban J connectivity index is 0.00000121. The minimum absolute atomic E-state index is 0. The van der Waals surface area contributed by atoms with E-state index >= 15 is 0 Å². The lowest BCUT2D eigenvalue weighted by Crippen LogP contribution is -2.54. The number of carbonyl (C=O) groups is 1. The van der Waals surface area contributed by atoms with Gasteiger partial charge in [0.05, 0.1) is 0 Å². The van der Waals surface area contributed by atoms with Crippen LogP contribution in [0.1, 0.15) is 44.9 Å². The Hall–Kier alpha value is -0.280. The van der Waals surface area contributed by atoms with Crippen LogP contribution in [-0.4, -0.2) is 25.0 Å². The molecule has 4 saturated carbocycles. The van der Waals surface area contributed by atoms with Crippen LogP contribution in [0.2, 0.25) is 0 Å². The van der Waals surface area contributed by atoms with Crippen LogP contribution in [0.15, 0.2) is 0 Å². The molecule has 1 heterocycles. The quantitative estimate of drug-likeness (QED) is 0.822. The van der Waals surface area contributed by atoms with E-state index in [1.807, 2.05) is 0 Å². The molecule has 5 aliphatic rings. The lowest BCUT2D eigenvalue weighted by molar-refractivity contribution is -0.139. The summed E-state index contributed by atoms with van der Waals surface area (Å²) in [6, 6.07) is 0.387. The predicted octanol–water partition coefficient (Wildman–Crippen LogP) is 2.35. The van der Waals surface area contributed by atoms with Gasteiger partial charge in [0.15, 0.2) is 0 Å². The first-order chi connectivity index (χ1) is 9.29. The van der Waals surface area contributed by atoms with Crippen LogP contribution in [0.3, 0.4) is 0 Å². The summed E-state index contributed by atoms with van der Waals surface area (Å²) in [5.74, 6) is 4.10. The third-order valence-electron chi connectivity index (χ3n) is 6.17. The maximum Gasteiger partial charge on any atom is 0.223 e. The Kier molecular flexibility index (Phi) is 4.28. The summed E-state index contributed by atoms with van der Waals surface area (Å²) in [6.45, 7) is 2.09. The van der Waals surface area contributed by atoms with Gasteiger partial charge in [0.2, 0.25) is 5.91 Å². The average Bonchev–Trinajstić information content (AvgIpc) is 2.38. The molecule has 0 radical (unpaired) electrons. The summed E-state index contributed by atoms with van der Waals surface area (Å²) >= 11 is 0. The summed E-state index contributed by atoms with van der Waals surface area (Å²) in [5, 5.41) is 6.74. The maximum absolute atomic E-state index is 12.7. The molecule has 5 fully saturated rings. The van der Waals surface area contributed by atoms with E-state index in [0.717, 1.165) is 31.3 Å². The van der Waals surface area contributed by atoms with Crippen LogP contribution in [0, 0.1) is 29.6 Å². The summed E-state index contributed by atoms with van der Waals surface area (Å²) in [7, 11) is 0. The summed E-state index contributed by atoms with van der Waals surface area (Å²) < 4.78 is 0. The number of amides is 1. The number of carbonyl (C=O) groups excluding carboxylic acids is 1. The van der Waals surface area contributed by atoms with Gasteiger partial charge in [0.25, 0.3) is 0 Å². The van der Waals surface area contributed by atoms with Gasteiger partial charge in [-0.3, -0.25) is 4.79 Å². The summed E-state index contributed by atoms with van der Waals surface area (Å²) in [6.07, 6.45) is 9.19. The second-order valence-electron chi connectivity index (χ2n) is 7.51. The van der Waals surface area contributed by atoms with Crippen molar-refractivity contribution < 1.29 is 4.79 Å². The van der Waals surface area contributed by atoms with E-state index in [1.165, 1.54) is 38.5 Å². The van der Waals surface area contributed by atoms with E-state index in [0.29, 0.717) is 29.7 Å². The fraction of sp³-hybridized carbons (Fsp3) is 0.938. The zero-order valence-electron chi connectivity index (χ0n) is 12.1. The highest BCUT2D eigenvalue weighted by Gasteiger charge is 2.50. The predicted molar refractivity (Wildman–Crippen MR) is 81.8 cm³/mol. The lowest BCUT2D eigenvalue weighted by Gasteiger charge is -2.53. The highest BCUT2D eigenvalue weighted by Crippen LogP contribution is 2.56. The zero-order valence-corrected chi connectivity index (χ0v) is 13.0. The number of piperidine rings is 1. The lowest BCUT2D eigenvalue weighted by atomic mass is 9.51.